The molecule has 0 aliphatic heterocycles. The van der Waals surface area contributed by atoms with Crippen molar-refractivity contribution in [1.29, 1.82) is 0 Å². The third kappa shape index (κ3) is 6.48. The van der Waals surface area contributed by atoms with Gasteiger partial charge in [-0.25, -0.2) is 0 Å². The molecule has 0 amide bonds. The van der Waals surface area contributed by atoms with Gasteiger partial charge in [-0.15, -0.1) is 22.7 Å². The zero-order valence-corrected chi connectivity index (χ0v) is 18.9. The standard InChI is InChI=1S/C21H31BrOS2/c1-3-4-5-6-7-8-9-10-11-12-13-14-17-19(16(2)23)25-21-18(22)15-24-20(17)21/h15H,3-14H2,1-2H3. The highest BCUT2D eigenvalue weighted by molar-refractivity contribution is 9.10. The number of Topliss-reactive ketones (excluding diaryl/α,β-unsaturated/α-hetero) is 1. The number of halogens is 1. The molecule has 2 rings (SSSR count). The summed E-state index contributed by atoms with van der Waals surface area (Å²) in [5.41, 5.74) is 1.30. The van der Waals surface area contributed by atoms with E-state index in [1.807, 2.05) is 0 Å². The molecule has 0 aliphatic carbocycles. The lowest BCUT2D eigenvalue weighted by molar-refractivity contribution is 0.102. The van der Waals surface area contributed by atoms with Crippen molar-refractivity contribution in [1.82, 2.24) is 0 Å². The quantitative estimate of drug-likeness (QED) is 0.223. The number of aryl methyl sites for hydroxylation is 1. The van der Waals surface area contributed by atoms with Gasteiger partial charge in [0.05, 0.1) is 14.3 Å². The van der Waals surface area contributed by atoms with Crippen LogP contribution in [0.2, 0.25) is 0 Å². The SMILES string of the molecule is CCCCCCCCCCCCCc1c(C(C)=O)sc2c(Br)csc12. The van der Waals surface area contributed by atoms with Crippen molar-refractivity contribution in [3.05, 3.63) is 20.3 Å². The van der Waals surface area contributed by atoms with Crippen molar-refractivity contribution >= 4 is 53.8 Å². The van der Waals surface area contributed by atoms with E-state index in [-0.39, 0.29) is 5.78 Å². The van der Waals surface area contributed by atoms with Crippen molar-refractivity contribution in [2.24, 2.45) is 0 Å². The Kier molecular flexibility index (Phi) is 9.72. The Morgan fingerprint density at radius 3 is 2.04 bits per heavy atom. The maximum atomic E-state index is 11.9. The Balaban J connectivity index is 1.66. The number of carbonyl (C=O) groups is 1. The van der Waals surface area contributed by atoms with E-state index >= 15 is 0 Å². The van der Waals surface area contributed by atoms with Gasteiger partial charge in [-0.05, 0) is 41.3 Å². The largest absolute Gasteiger partial charge is 0.294 e. The summed E-state index contributed by atoms with van der Waals surface area (Å²) in [7, 11) is 0. The van der Waals surface area contributed by atoms with E-state index < -0.39 is 0 Å². The minimum atomic E-state index is 0.221. The molecule has 140 valence electrons. The first-order chi connectivity index (χ1) is 12.1. The first-order valence-corrected chi connectivity index (χ1v) is 12.3. The molecule has 0 atom stereocenters. The van der Waals surface area contributed by atoms with Crippen LogP contribution >= 0.6 is 38.6 Å². The Hall–Kier alpha value is -0.190. The molecule has 0 N–H and O–H groups in total. The highest BCUT2D eigenvalue weighted by Gasteiger charge is 2.18. The topological polar surface area (TPSA) is 17.1 Å². The normalized spacial score (nSPS) is 11.5. The van der Waals surface area contributed by atoms with Gasteiger partial charge in [-0.1, -0.05) is 71.1 Å². The van der Waals surface area contributed by atoms with Crippen molar-refractivity contribution in [2.45, 2.75) is 90.9 Å². The molecule has 0 saturated carbocycles. The van der Waals surface area contributed by atoms with Gasteiger partial charge in [0.25, 0.3) is 0 Å². The second-order valence-electron chi connectivity index (χ2n) is 6.99. The molecule has 1 nitrogen and oxygen atoms in total. The minimum absolute atomic E-state index is 0.221. The number of carbonyl (C=O) groups excluding carboxylic acids is 1. The summed E-state index contributed by atoms with van der Waals surface area (Å²) in [4.78, 5) is 12.9. The monoisotopic (exact) mass is 442 g/mol. The third-order valence-electron chi connectivity index (χ3n) is 4.81. The molecule has 0 bridgehead atoms. The molecular weight excluding hydrogens is 412 g/mol. The molecule has 0 aliphatic rings. The van der Waals surface area contributed by atoms with Crippen molar-refractivity contribution in [2.75, 3.05) is 0 Å². The van der Waals surface area contributed by atoms with Gasteiger partial charge in [0.15, 0.2) is 5.78 Å². The molecule has 0 spiro atoms. The van der Waals surface area contributed by atoms with Crippen LogP contribution in [0, 0.1) is 0 Å². The van der Waals surface area contributed by atoms with Gasteiger partial charge in [-0.2, -0.15) is 0 Å². The summed E-state index contributed by atoms with van der Waals surface area (Å²) in [6.45, 7) is 3.98. The third-order valence-corrected chi connectivity index (χ3v) is 8.53. The molecule has 2 aromatic heterocycles. The molecule has 25 heavy (non-hydrogen) atoms. The van der Waals surface area contributed by atoms with Gasteiger partial charge >= 0.3 is 0 Å². The van der Waals surface area contributed by atoms with E-state index in [0.29, 0.717) is 0 Å². The van der Waals surface area contributed by atoms with Gasteiger partial charge in [0.1, 0.15) is 0 Å². The lowest BCUT2D eigenvalue weighted by Crippen LogP contribution is -1.95. The number of ketones is 1. The van der Waals surface area contributed by atoms with Crippen molar-refractivity contribution in [3.8, 4) is 0 Å². The zero-order valence-electron chi connectivity index (χ0n) is 15.7. The van der Waals surface area contributed by atoms with Crippen LogP contribution in [-0.2, 0) is 6.42 Å². The average molecular weight is 444 g/mol. The zero-order chi connectivity index (χ0) is 18.1. The number of hydrogen-bond donors (Lipinski definition) is 0. The van der Waals surface area contributed by atoms with E-state index in [1.165, 1.54) is 85.6 Å². The number of thiophene rings is 2. The Bertz CT molecular complexity index is 656. The van der Waals surface area contributed by atoms with E-state index in [9.17, 15) is 4.79 Å². The highest BCUT2D eigenvalue weighted by atomic mass is 79.9. The molecule has 0 unspecified atom stereocenters. The van der Waals surface area contributed by atoms with Gasteiger partial charge < -0.3 is 0 Å². The average Bonchev–Trinajstić information content (AvgIpc) is 3.13. The fourth-order valence-corrected chi connectivity index (χ4v) is 6.58. The summed E-state index contributed by atoms with van der Waals surface area (Å²) >= 11 is 7.04. The van der Waals surface area contributed by atoms with E-state index in [2.05, 4.69) is 28.2 Å². The molecule has 2 heterocycles. The summed E-state index contributed by atoms with van der Waals surface area (Å²) in [6, 6.07) is 0. The van der Waals surface area contributed by atoms with Crippen LogP contribution in [-0.4, -0.2) is 5.78 Å². The number of unbranched alkanes of at least 4 members (excludes halogenated alkanes) is 10. The summed E-state index contributed by atoms with van der Waals surface area (Å²) in [6.07, 6.45) is 16.1. The van der Waals surface area contributed by atoms with Crippen LogP contribution in [0.3, 0.4) is 0 Å². The first-order valence-electron chi connectivity index (χ1n) is 9.84. The Labute approximate surface area is 169 Å². The van der Waals surface area contributed by atoms with E-state index in [0.717, 1.165) is 15.8 Å². The van der Waals surface area contributed by atoms with Crippen molar-refractivity contribution < 1.29 is 4.79 Å². The molecule has 4 heteroatoms. The van der Waals surface area contributed by atoms with Crippen LogP contribution in [0.4, 0.5) is 0 Å². The summed E-state index contributed by atoms with van der Waals surface area (Å²) < 4.78 is 3.73. The van der Waals surface area contributed by atoms with Gasteiger partial charge in [0, 0.05) is 9.85 Å². The molecule has 2 aromatic rings. The second-order valence-corrected chi connectivity index (χ2v) is 9.75. The van der Waals surface area contributed by atoms with Crippen LogP contribution < -0.4 is 0 Å². The van der Waals surface area contributed by atoms with Crippen molar-refractivity contribution in [3.63, 3.8) is 0 Å². The van der Waals surface area contributed by atoms with E-state index in [4.69, 9.17) is 0 Å². The van der Waals surface area contributed by atoms with E-state index in [1.54, 1.807) is 29.6 Å². The second kappa shape index (κ2) is 11.5. The lowest BCUT2D eigenvalue weighted by atomic mass is 10.0. The fourth-order valence-electron chi connectivity index (χ4n) is 3.37. The van der Waals surface area contributed by atoms with Crippen LogP contribution in [0.25, 0.3) is 9.40 Å². The number of fused-ring (bicyclic) bond motifs is 1. The predicted molar refractivity (Wildman–Crippen MR) is 118 cm³/mol. The van der Waals surface area contributed by atoms with Gasteiger partial charge in [-0.3, -0.25) is 4.79 Å². The summed E-state index contributed by atoms with van der Waals surface area (Å²) in [5.74, 6) is 0.221. The smallest absolute Gasteiger partial charge is 0.170 e. The predicted octanol–water partition coefficient (Wildman–Crippen LogP) is 8.78. The van der Waals surface area contributed by atoms with Gasteiger partial charge in [0.2, 0.25) is 0 Å². The maximum Gasteiger partial charge on any atom is 0.170 e. The molecule has 0 saturated heterocycles. The Morgan fingerprint density at radius 1 is 0.920 bits per heavy atom. The minimum Gasteiger partial charge on any atom is -0.294 e. The van der Waals surface area contributed by atoms with Crippen LogP contribution in [0.1, 0.15) is 99.7 Å². The molecule has 0 aromatic carbocycles. The highest BCUT2D eigenvalue weighted by Crippen LogP contribution is 2.41. The lowest BCUT2D eigenvalue weighted by Gasteiger charge is -2.04. The number of rotatable bonds is 13. The first kappa shape index (κ1) is 21.1. The Morgan fingerprint density at radius 2 is 1.48 bits per heavy atom. The van der Waals surface area contributed by atoms with Crippen LogP contribution in [0.5, 0.6) is 0 Å². The fraction of sp³-hybridized carbons (Fsp3) is 0.667. The molecule has 0 radical (unpaired) electrons. The number of hydrogen-bond acceptors (Lipinski definition) is 3. The summed E-state index contributed by atoms with van der Waals surface area (Å²) in [5, 5.41) is 2.15. The molecule has 0 fully saturated rings. The van der Waals surface area contributed by atoms with Crippen LogP contribution in [0.15, 0.2) is 9.85 Å². The maximum absolute atomic E-state index is 11.9. The molecular formula is C21H31BrOS2.